The van der Waals surface area contributed by atoms with E-state index in [2.05, 4.69) is 46.7 Å². The van der Waals surface area contributed by atoms with Gasteiger partial charge in [-0.1, -0.05) is 44.2 Å². The van der Waals surface area contributed by atoms with Crippen LogP contribution in [0.25, 0.3) is 11.0 Å². The molecular formula is C31H42N4O4. The van der Waals surface area contributed by atoms with E-state index in [1.54, 1.807) is 6.07 Å². The molecule has 2 amide bonds. The minimum absolute atomic E-state index is 0.0505. The third-order valence-electron chi connectivity index (χ3n) is 6.94. The van der Waals surface area contributed by atoms with Crippen LogP contribution in [0.2, 0.25) is 0 Å². The molecule has 0 radical (unpaired) electrons. The first-order valence-electron chi connectivity index (χ1n) is 14.0. The maximum absolute atomic E-state index is 13.2. The van der Waals surface area contributed by atoms with E-state index in [0.29, 0.717) is 18.6 Å². The Hall–Kier alpha value is -3.36. The van der Waals surface area contributed by atoms with Crippen LogP contribution in [-0.4, -0.2) is 74.0 Å². The van der Waals surface area contributed by atoms with Gasteiger partial charge in [-0.05, 0) is 69.1 Å². The normalized spacial score (nSPS) is 16.6. The summed E-state index contributed by atoms with van der Waals surface area (Å²) in [4.78, 5) is 30.7. The molecule has 8 heteroatoms. The standard InChI is InChI=1S/C31H42N4O4/c1-22(2)18-27(33-31(37)29-19-24-8-5-6-9-28(24)39-29)30(36)32-25-14-16-35(21-25)20-23-10-12-26(13-11-23)38-17-7-15-34(3)4/h5-6,8-13,19,22,25,27H,7,14-18,20-21H2,1-4H3,(H,32,36)(H,33,37)/t25-,27-/m0/s1. The van der Waals surface area contributed by atoms with Gasteiger partial charge in [0.05, 0.1) is 6.61 Å². The quantitative estimate of drug-likeness (QED) is 0.318. The number of nitrogens with zero attached hydrogens (tertiary/aromatic N) is 2. The summed E-state index contributed by atoms with van der Waals surface area (Å²) in [5.74, 6) is 0.845. The predicted molar refractivity (Wildman–Crippen MR) is 154 cm³/mol. The van der Waals surface area contributed by atoms with Gasteiger partial charge in [0.15, 0.2) is 5.76 Å². The lowest BCUT2D eigenvalue weighted by atomic mass is 10.0. The molecule has 1 aromatic heterocycles. The van der Waals surface area contributed by atoms with Crippen LogP contribution in [0.5, 0.6) is 5.75 Å². The highest BCUT2D eigenvalue weighted by molar-refractivity contribution is 5.98. The summed E-state index contributed by atoms with van der Waals surface area (Å²) in [5, 5.41) is 6.95. The minimum Gasteiger partial charge on any atom is -0.494 e. The van der Waals surface area contributed by atoms with Crippen LogP contribution < -0.4 is 15.4 Å². The first-order valence-corrected chi connectivity index (χ1v) is 14.0. The van der Waals surface area contributed by atoms with E-state index >= 15 is 0 Å². The zero-order chi connectivity index (χ0) is 27.8. The Morgan fingerprint density at radius 3 is 2.62 bits per heavy atom. The molecule has 3 aromatic rings. The number of carbonyl (C=O) groups excluding carboxylic acids is 2. The van der Waals surface area contributed by atoms with Gasteiger partial charge in [0.25, 0.3) is 5.91 Å². The summed E-state index contributed by atoms with van der Waals surface area (Å²) in [7, 11) is 4.13. The van der Waals surface area contributed by atoms with Gasteiger partial charge in [-0.2, -0.15) is 0 Å². The molecule has 8 nitrogen and oxygen atoms in total. The second-order valence-corrected chi connectivity index (χ2v) is 11.2. The van der Waals surface area contributed by atoms with Crippen LogP contribution in [0.4, 0.5) is 0 Å². The van der Waals surface area contributed by atoms with Crippen molar-refractivity contribution >= 4 is 22.8 Å². The molecule has 1 saturated heterocycles. The first-order chi connectivity index (χ1) is 18.8. The van der Waals surface area contributed by atoms with E-state index in [-0.39, 0.29) is 29.5 Å². The molecule has 2 atom stereocenters. The van der Waals surface area contributed by atoms with Crippen molar-refractivity contribution in [3.8, 4) is 5.75 Å². The Morgan fingerprint density at radius 1 is 1.13 bits per heavy atom. The van der Waals surface area contributed by atoms with E-state index in [0.717, 1.165) is 50.2 Å². The van der Waals surface area contributed by atoms with Crippen molar-refractivity contribution in [2.24, 2.45) is 5.92 Å². The number of fused-ring (bicyclic) bond motifs is 1. The van der Waals surface area contributed by atoms with Crippen LogP contribution >= 0.6 is 0 Å². The molecule has 210 valence electrons. The van der Waals surface area contributed by atoms with Gasteiger partial charge in [0.2, 0.25) is 5.91 Å². The Kier molecular flexibility index (Phi) is 10.0. The van der Waals surface area contributed by atoms with Gasteiger partial charge in [-0.25, -0.2) is 0 Å². The molecule has 0 saturated carbocycles. The Balaban J connectivity index is 1.26. The molecule has 2 aromatic carbocycles. The number of carbonyl (C=O) groups is 2. The fourth-order valence-electron chi connectivity index (χ4n) is 4.94. The summed E-state index contributed by atoms with van der Waals surface area (Å²) in [6, 6.07) is 16.9. The minimum atomic E-state index is -0.620. The molecule has 0 bridgehead atoms. The second kappa shape index (κ2) is 13.6. The molecule has 2 N–H and O–H groups in total. The number of rotatable bonds is 13. The Labute approximate surface area is 231 Å². The van der Waals surface area contributed by atoms with Gasteiger partial charge >= 0.3 is 0 Å². The largest absolute Gasteiger partial charge is 0.494 e. The van der Waals surface area contributed by atoms with Gasteiger partial charge in [0.1, 0.15) is 17.4 Å². The van der Waals surface area contributed by atoms with Crippen LogP contribution in [0.3, 0.4) is 0 Å². The van der Waals surface area contributed by atoms with Gasteiger partial charge < -0.3 is 24.7 Å². The van der Waals surface area contributed by atoms with Crippen molar-refractivity contribution < 1.29 is 18.7 Å². The molecular weight excluding hydrogens is 492 g/mol. The van der Waals surface area contributed by atoms with Crippen LogP contribution in [0.1, 0.15) is 49.2 Å². The summed E-state index contributed by atoms with van der Waals surface area (Å²) < 4.78 is 11.5. The van der Waals surface area contributed by atoms with E-state index in [4.69, 9.17) is 9.15 Å². The van der Waals surface area contributed by atoms with Crippen molar-refractivity contribution in [2.45, 2.75) is 51.7 Å². The van der Waals surface area contributed by atoms with E-state index in [1.807, 2.05) is 50.2 Å². The molecule has 0 aliphatic carbocycles. The number of para-hydroxylation sites is 1. The van der Waals surface area contributed by atoms with Crippen molar-refractivity contribution in [3.63, 3.8) is 0 Å². The second-order valence-electron chi connectivity index (χ2n) is 11.2. The summed E-state index contributed by atoms with van der Waals surface area (Å²) in [6.07, 6.45) is 2.43. The number of hydrogen-bond donors (Lipinski definition) is 2. The number of likely N-dealkylation sites (tertiary alicyclic amines) is 1. The number of hydrogen-bond acceptors (Lipinski definition) is 6. The summed E-state index contributed by atoms with van der Waals surface area (Å²) >= 11 is 0. The molecule has 4 rings (SSSR count). The van der Waals surface area contributed by atoms with Crippen molar-refractivity contribution in [1.29, 1.82) is 0 Å². The molecule has 2 heterocycles. The van der Waals surface area contributed by atoms with Crippen LogP contribution in [-0.2, 0) is 11.3 Å². The van der Waals surface area contributed by atoms with Gasteiger partial charge in [-0.3, -0.25) is 14.5 Å². The lowest BCUT2D eigenvalue weighted by Crippen LogP contribution is -2.50. The lowest BCUT2D eigenvalue weighted by Gasteiger charge is -2.22. The highest BCUT2D eigenvalue weighted by atomic mass is 16.5. The summed E-state index contributed by atoms with van der Waals surface area (Å²) in [5.41, 5.74) is 1.87. The molecule has 0 unspecified atom stereocenters. The first kappa shape index (κ1) is 28.6. The Bertz CT molecular complexity index is 1190. The molecule has 1 fully saturated rings. The maximum atomic E-state index is 13.2. The molecule has 39 heavy (non-hydrogen) atoms. The smallest absolute Gasteiger partial charge is 0.287 e. The number of benzene rings is 2. The third kappa shape index (κ3) is 8.57. The van der Waals surface area contributed by atoms with Crippen molar-refractivity contribution in [3.05, 3.63) is 65.9 Å². The average molecular weight is 535 g/mol. The van der Waals surface area contributed by atoms with Crippen molar-refractivity contribution in [2.75, 3.05) is 40.3 Å². The van der Waals surface area contributed by atoms with Crippen molar-refractivity contribution in [1.82, 2.24) is 20.4 Å². The predicted octanol–water partition coefficient (Wildman–Crippen LogP) is 4.30. The topological polar surface area (TPSA) is 87.0 Å². The molecule has 1 aliphatic heterocycles. The van der Waals surface area contributed by atoms with E-state index < -0.39 is 6.04 Å². The fourth-order valence-corrected chi connectivity index (χ4v) is 4.94. The van der Waals surface area contributed by atoms with Crippen LogP contribution in [0, 0.1) is 5.92 Å². The van der Waals surface area contributed by atoms with Crippen LogP contribution in [0.15, 0.2) is 59.0 Å². The Morgan fingerprint density at radius 2 is 1.90 bits per heavy atom. The summed E-state index contributed by atoms with van der Waals surface area (Å²) in [6.45, 7) is 8.33. The number of nitrogens with one attached hydrogen (secondary N) is 2. The number of ether oxygens (including phenoxy) is 1. The average Bonchev–Trinajstić information content (AvgIpc) is 3.53. The number of furan rings is 1. The lowest BCUT2D eigenvalue weighted by molar-refractivity contribution is -0.124. The van der Waals surface area contributed by atoms with E-state index in [9.17, 15) is 9.59 Å². The molecule has 0 spiro atoms. The molecule has 1 aliphatic rings. The highest BCUT2D eigenvalue weighted by Gasteiger charge is 2.29. The van der Waals surface area contributed by atoms with Gasteiger partial charge in [0, 0.05) is 37.6 Å². The van der Waals surface area contributed by atoms with Gasteiger partial charge in [-0.15, -0.1) is 0 Å². The SMILES string of the molecule is CC(C)C[C@H](NC(=O)c1cc2ccccc2o1)C(=O)N[C@H]1CCN(Cc2ccc(OCCCN(C)C)cc2)C1. The zero-order valence-electron chi connectivity index (χ0n) is 23.6. The fraction of sp³-hybridized carbons (Fsp3) is 0.484. The zero-order valence-corrected chi connectivity index (χ0v) is 23.6. The van der Waals surface area contributed by atoms with E-state index in [1.165, 1.54) is 5.56 Å². The maximum Gasteiger partial charge on any atom is 0.287 e. The number of amides is 2. The third-order valence-corrected chi connectivity index (χ3v) is 6.94. The highest BCUT2D eigenvalue weighted by Crippen LogP contribution is 2.20. The monoisotopic (exact) mass is 534 g/mol.